The fraction of sp³-hybridized carbons (Fsp3) is 0.738. The molecule has 2 rings (SSSR count). The molecule has 2 aromatic rings. The summed E-state index contributed by atoms with van der Waals surface area (Å²) in [6.45, 7) is 38.3. The third-order valence-electron chi connectivity index (χ3n) is 5.30. The van der Waals surface area contributed by atoms with E-state index in [2.05, 4.69) is 60.5 Å². The van der Waals surface area contributed by atoms with Crippen molar-refractivity contribution in [3.63, 3.8) is 0 Å². The number of carbonyl (C=O) groups excluding carboxylic acids is 3. The van der Waals surface area contributed by atoms with E-state index in [1.54, 1.807) is 83.1 Å². The van der Waals surface area contributed by atoms with Crippen LogP contribution < -0.4 is 15.9 Å². The Labute approximate surface area is 547 Å². The summed E-state index contributed by atoms with van der Waals surface area (Å²) in [4.78, 5) is 52.9. The number of azide groups is 2. The quantitative estimate of drug-likeness (QED) is 0.0277. The van der Waals surface area contributed by atoms with Crippen LogP contribution in [-0.4, -0.2) is 119 Å². The van der Waals surface area contributed by atoms with E-state index < -0.39 is 19.2 Å². The minimum atomic E-state index is -3.22. The van der Waals surface area contributed by atoms with Gasteiger partial charge in [-0.3, -0.25) is 9.59 Å². The average Bonchev–Trinajstić information content (AvgIpc) is 3.33. The zero-order valence-corrected chi connectivity index (χ0v) is 44.1. The van der Waals surface area contributed by atoms with Gasteiger partial charge in [0, 0.05) is 97.4 Å². The summed E-state index contributed by atoms with van der Waals surface area (Å²) in [6, 6.07) is 17.6. The second kappa shape index (κ2) is 228. The Kier molecular flexibility index (Phi) is 606. The minimum Gasteiger partial charge on any atom is -0.481 e. The molecule has 0 aliphatic carbocycles. The Morgan fingerprint density at radius 1 is 0.565 bits per heavy atom. The number of ether oxygens (including phenoxy) is 1. The molecule has 0 bridgehead atoms. The van der Waals surface area contributed by atoms with E-state index >= 15 is 0 Å². The number of isocyanates is 1. The van der Waals surface area contributed by atoms with Gasteiger partial charge in [0.1, 0.15) is 0 Å². The molecule has 2 aromatic carbocycles. The normalized spacial score (nSPS) is 5.61. The van der Waals surface area contributed by atoms with Crippen LogP contribution in [0.25, 0.3) is 20.9 Å². The number of nitrogens with one attached hydrogen (secondary N) is 1. The minimum absolute atomic E-state index is 0. The van der Waals surface area contributed by atoms with Crippen LogP contribution in [0.5, 0.6) is 0 Å². The highest BCUT2D eigenvalue weighted by atomic mass is 31.2. The molecule has 85 heavy (non-hydrogen) atoms. The molecular weight excluding hydrogens is 1090 g/mol. The van der Waals surface area contributed by atoms with Crippen LogP contribution in [0.4, 0.5) is 4.79 Å². The number of carboxylic acid groups (broad SMARTS) is 1. The topological polar surface area (TPSA) is 308 Å². The summed E-state index contributed by atoms with van der Waals surface area (Å²) < 4.78 is 17.3. The zero-order valence-electron chi connectivity index (χ0n) is 43.2. The monoisotopic (exact) mass is 1250 g/mol. The molecule has 522 valence electrons. The van der Waals surface area contributed by atoms with Gasteiger partial charge in [0.15, 0.2) is 0 Å². The van der Waals surface area contributed by atoms with Crippen molar-refractivity contribution >= 4 is 75.6 Å². The van der Waals surface area contributed by atoms with E-state index in [0.717, 1.165) is 0 Å². The lowest BCUT2D eigenvalue weighted by Gasteiger charge is -2.13. The predicted octanol–water partition coefficient (Wildman–Crippen LogP) is 22.1. The van der Waals surface area contributed by atoms with Gasteiger partial charge in [-0.1, -0.05) is 292 Å². The van der Waals surface area contributed by atoms with Gasteiger partial charge in [-0.15, -0.1) is 0 Å². The van der Waals surface area contributed by atoms with Crippen LogP contribution in [0.1, 0.15) is 272 Å². The number of hydrogen-bond acceptors (Lipinski definition) is 11. The fourth-order valence-electron chi connectivity index (χ4n) is 2.75. The lowest BCUT2D eigenvalue weighted by Crippen LogP contribution is -2.23. The van der Waals surface area contributed by atoms with Gasteiger partial charge < -0.3 is 29.7 Å². The van der Waals surface area contributed by atoms with Gasteiger partial charge >= 0.3 is 12.1 Å². The molecule has 0 heterocycles. The highest BCUT2D eigenvalue weighted by Gasteiger charge is 2.25. The molecule has 0 fully saturated rings. The molecule has 12 radical (unpaired) electrons. The number of carboxylic acids is 1. The largest absolute Gasteiger partial charge is 0.481 e. The maximum Gasteiger partial charge on any atom is 0.407 e. The summed E-state index contributed by atoms with van der Waals surface area (Å²) in [5, 5.41) is 33.7. The first kappa shape index (κ1) is 226. The molecule has 0 unspecified atom stereocenters. The second-order valence-corrected chi connectivity index (χ2v) is 11.2. The Balaban J connectivity index is -0.0000000116. The van der Waals surface area contributed by atoms with Crippen molar-refractivity contribution < 1.29 is 38.7 Å². The van der Waals surface area contributed by atoms with Crippen LogP contribution in [0.15, 0.2) is 75.7 Å². The molecule has 0 aromatic heterocycles. The van der Waals surface area contributed by atoms with Crippen LogP contribution in [0, 0.1) is 10.8 Å². The highest BCUT2D eigenvalue weighted by molar-refractivity contribution is 7.77. The molecule has 24 heteroatoms. The Bertz CT molecular complexity index is 1370. The van der Waals surface area contributed by atoms with Gasteiger partial charge in [-0.25, -0.2) is 14.6 Å². The number of nitrogens with zero attached hydrogens (tertiary/aromatic N) is 10. The molecular formula is C61H158B4N11O8P. The molecule has 0 saturated carbocycles. The van der Waals surface area contributed by atoms with Gasteiger partial charge in [0.25, 0.3) is 0 Å². The van der Waals surface area contributed by atoms with Crippen molar-refractivity contribution in [3.8, 4) is 0 Å². The Hall–Kier alpha value is -5.32. The van der Waals surface area contributed by atoms with Gasteiger partial charge in [-0.2, -0.15) is 0 Å². The summed E-state index contributed by atoms with van der Waals surface area (Å²) >= 11 is 0. The SMILES string of the molecule is C.C.C.C.C.C.C.C.C.C.C.C.C.C.C.C.C.C.C.CC.CC.CC.CC.CCC(=O)N=[N+]=[N-].CCC(=O)O.CCN(CC)CC.CCN=C=O.CCNC(=O)OCC.CCO.N#N.[B].[B].[B].[B].[N-]=[N+]=NP(=O)(c1ccccc1)c1ccccc1. The molecule has 19 nitrogen and oxygen atoms in total. The van der Waals surface area contributed by atoms with Crippen LogP contribution >= 0.6 is 7.29 Å². The standard InChI is InChI=1S/C12H10N3OP.C6H15N.C5H11NO2.C3H5N3O.C3H5NO.C3H6O2.C2H6O.4C2H6.19CH4.4B.N2/c13-14-15-17(16,11-7-3-1-4-8-11)12-9-5-2-6-10-12;1-4-7(5-2)6-3;1-3-6-5(7)8-4-2;1-2-3(7)5-6-4;1-2-4-3-5;1-2-3(4)5;1-2-3;4*1-2;;;;;;;;;;;;;;;;;;;;;;;;1-2/h1-10H;4-6H2,1-3H3;3-4H2,1-2H3,(H,6,7);2H2,1H3;2H2,1H3;2H2,1H3,(H,4,5);3H,2H2,1H3;4*1-2H3;19*1H4;;;;;. The van der Waals surface area contributed by atoms with Crippen molar-refractivity contribution in [2.24, 2.45) is 15.0 Å². The number of aliphatic imine (C=N–C) groups is 1. The average molecular weight is 1250 g/mol. The number of aliphatic hydroxyl groups is 1. The lowest BCUT2D eigenvalue weighted by molar-refractivity contribution is -0.136. The molecule has 0 aliphatic heterocycles. The van der Waals surface area contributed by atoms with Crippen molar-refractivity contribution in [1.82, 2.24) is 10.2 Å². The van der Waals surface area contributed by atoms with Crippen molar-refractivity contribution in [3.05, 3.63) is 81.5 Å². The molecule has 0 atom stereocenters. The lowest BCUT2D eigenvalue weighted by atomic mass is 10.4. The van der Waals surface area contributed by atoms with E-state index in [1.807, 2.05) is 74.4 Å². The summed E-state index contributed by atoms with van der Waals surface area (Å²) in [6.07, 6.45) is 1.56. The van der Waals surface area contributed by atoms with Crippen molar-refractivity contribution in [2.75, 3.05) is 45.9 Å². The maximum atomic E-state index is 12.8. The van der Waals surface area contributed by atoms with E-state index in [4.69, 9.17) is 36.9 Å². The maximum absolute atomic E-state index is 12.8. The number of aliphatic carboxylic acids is 1. The first-order valence-electron chi connectivity index (χ1n) is 20.9. The third kappa shape index (κ3) is 203. The van der Waals surface area contributed by atoms with E-state index in [-0.39, 0.29) is 200 Å². The number of carbonyl (C=O) groups is 3. The second-order valence-electron chi connectivity index (χ2n) is 8.86. The number of benzene rings is 2. The van der Waals surface area contributed by atoms with Crippen LogP contribution in [-0.2, 0) is 23.7 Å². The molecule has 0 spiro atoms. The first-order valence-corrected chi connectivity index (χ1v) is 22.5. The number of hydrogen-bond donors (Lipinski definition) is 3. The number of aliphatic hydroxyl groups excluding tert-OH is 1. The zero-order chi connectivity index (χ0) is 51.1. The summed E-state index contributed by atoms with van der Waals surface area (Å²) in [5.41, 5.74) is 16.2. The van der Waals surface area contributed by atoms with Gasteiger partial charge in [0.2, 0.25) is 19.3 Å². The first-order chi connectivity index (χ1) is 29.8. The predicted molar refractivity (Wildman–Crippen MR) is 407 cm³/mol. The third-order valence-corrected chi connectivity index (χ3v) is 7.63. The Morgan fingerprint density at radius 3 is 0.941 bits per heavy atom. The number of alkyl carbamates (subject to hydrolysis) is 1. The highest BCUT2D eigenvalue weighted by Crippen LogP contribution is 2.44. The summed E-state index contributed by atoms with van der Waals surface area (Å²) in [5.74, 6) is -1.16. The molecule has 0 aliphatic rings. The van der Waals surface area contributed by atoms with Crippen LogP contribution in [0.3, 0.4) is 0 Å². The number of amides is 2. The number of rotatable bonds is 11. The van der Waals surface area contributed by atoms with Crippen LogP contribution in [0.2, 0.25) is 0 Å². The Morgan fingerprint density at radius 2 is 0.824 bits per heavy atom. The fourth-order valence-corrected chi connectivity index (χ4v) is 4.52. The van der Waals surface area contributed by atoms with Crippen molar-refractivity contribution in [1.29, 1.82) is 10.8 Å². The van der Waals surface area contributed by atoms with Gasteiger partial charge in [0.05, 0.1) is 6.61 Å². The van der Waals surface area contributed by atoms with Gasteiger partial charge in [-0.05, 0) is 68.4 Å². The van der Waals surface area contributed by atoms with E-state index in [9.17, 15) is 18.9 Å². The molecule has 0 saturated heterocycles. The molecule has 3 N–H and O–H groups in total. The smallest absolute Gasteiger partial charge is 0.407 e. The molecule has 2 amide bonds. The van der Waals surface area contributed by atoms with E-state index in [1.165, 1.54) is 25.7 Å². The summed E-state index contributed by atoms with van der Waals surface area (Å²) in [7, 11) is -3.22. The van der Waals surface area contributed by atoms with E-state index in [0.29, 0.717) is 30.3 Å². The van der Waals surface area contributed by atoms with Crippen molar-refractivity contribution in [2.45, 2.75) is 272 Å².